The van der Waals surface area contributed by atoms with Crippen LogP contribution in [0.2, 0.25) is 0 Å². The van der Waals surface area contributed by atoms with Crippen molar-refractivity contribution in [3.05, 3.63) is 23.2 Å². The van der Waals surface area contributed by atoms with Crippen molar-refractivity contribution in [2.24, 2.45) is 5.41 Å². The summed E-state index contributed by atoms with van der Waals surface area (Å²) in [6.07, 6.45) is 3.38. The number of piperidine rings is 1. The summed E-state index contributed by atoms with van der Waals surface area (Å²) in [6.45, 7) is 6.75. The van der Waals surface area contributed by atoms with E-state index in [4.69, 9.17) is 0 Å². The summed E-state index contributed by atoms with van der Waals surface area (Å²) in [5.74, 6) is 0.0675. The molecule has 2 aliphatic heterocycles. The van der Waals surface area contributed by atoms with Crippen molar-refractivity contribution >= 4 is 33.1 Å². The van der Waals surface area contributed by atoms with Crippen LogP contribution in [0.5, 0.6) is 0 Å². The molecule has 6 nitrogen and oxygen atoms in total. The van der Waals surface area contributed by atoms with Crippen molar-refractivity contribution in [1.29, 1.82) is 5.26 Å². The molecule has 26 heavy (non-hydrogen) atoms. The van der Waals surface area contributed by atoms with Gasteiger partial charge in [-0.25, -0.2) is 0 Å². The van der Waals surface area contributed by atoms with Crippen molar-refractivity contribution in [3.8, 4) is 6.07 Å². The van der Waals surface area contributed by atoms with Gasteiger partial charge in [0.1, 0.15) is 0 Å². The SMILES string of the molecule is CC1(C#N)CCN(c2c(C(=O)N3CCNCC3)cnc3ccsc23)CC1. The van der Waals surface area contributed by atoms with Crippen LogP contribution in [-0.2, 0) is 0 Å². The number of anilines is 1. The Kier molecular flexibility index (Phi) is 4.55. The highest BCUT2D eigenvalue weighted by atomic mass is 32.1. The van der Waals surface area contributed by atoms with E-state index in [1.54, 1.807) is 17.5 Å². The number of aromatic nitrogens is 1. The summed E-state index contributed by atoms with van der Waals surface area (Å²) >= 11 is 1.64. The lowest BCUT2D eigenvalue weighted by molar-refractivity contribution is 0.0736. The smallest absolute Gasteiger partial charge is 0.257 e. The highest BCUT2D eigenvalue weighted by Gasteiger charge is 2.33. The number of rotatable bonds is 2. The molecule has 0 saturated carbocycles. The van der Waals surface area contributed by atoms with Crippen molar-refractivity contribution in [1.82, 2.24) is 15.2 Å². The third kappa shape index (κ3) is 3.04. The minimum absolute atomic E-state index is 0.0675. The molecule has 0 unspecified atom stereocenters. The van der Waals surface area contributed by atoms with Gasteiger partial charge >= 0.3 is 0 Å². The Morgan fingerprint density at radius 2 is 2.04 bits per heavy atom. The molecule has 4 rings (SSSR count). The minimum atomic E-state index is -0.263. The van der Waals surface area contributed by atoms with Crippen molar-refractivity contribution in [2.45, 2.75) is 19.8 Å². The van der Waals surface area contributed by atoms with Gasteiger partial charge in [-0.1, -0.05) is 0 Å². The highest BCUT2D eigenvalue weighted by Crippen LogP contribution is 2.39. The Morgan fingerprint density at radius 1 is 1.31 bits per heavy atom. The molecule has 136 valence electrons. The minimum Gasteiger partial charge on any atom is -0.370 e. The van der Waals surface area contributed by atoms with Crippen LogP contribution >= 0.6 is 11.3 Å². The molecule has 1 amide bonds. The number of piperazine rings is 1. The number of thiophene rings is 1. The summed E-state index contributed by atoms with van der Waals surface area (Å²) in [4.78, 5) is 21.9. The molecule has 0 aromatic carbocycles. The molecule has 2 fully saturated rings. The predicted octanol–water partition coefficient (Wildman–Crippen LogP) is 2.47. The second kappa shape index (κ2) is 6.86. The summed E-state index contributed by atoms with van der Waals surface area (Å²) in [6, 6.07) is 4.46. The van der Waals surface area contributed by atoms with E-state index in [9.17, 15) is 10.1 Å². The number of fused-ring (bicyclic) bond motifs is 1. The first-order valence-electron chi connectivity index (χ1n) is 9.14. The number of carbonyl (C=O) groups is 1. The van der Waals surface area contributed by atoms with Crippen LogP contribution in [-0.4, -0.2) is 55.1 Å². The van der Waals surface area contributed by atoms with E-state index in [0.29, 0.717) is 5.56 Å². The zero-order valence-corrected chi connectivity index (χ0v) is 15.8. The van der Waals surface area contributed by atoms with Gasteiger partial charge in [-0.2, -0.15) is 5.26 Å². The molecular formula is C19H23N5OS. The zero-order valence-electron chi connectivity index (χ0n) is 15.0. The van der Waals surface area contributed by atoms with Gasteiger partial charge in [0.15, 0.2) is 0 Å². The third-order valence-corrected chi connectivity index (χ3v) is 6.45. The second-order valence-corrected chi connectivity index (χ2v) is 8.27. The monoisotopic (exact) mass is 369 g/mol. The number of nitrogens with one attached hydrogen (secondary N) is 1. The molecule has 2 aliphatic rings. The molecule has 2 aromatic rings. The molecule has 0 bridgehead atoms. The van der Waals surface area contributed by atoms with E-state index in [1.165, 1.54) is 0 Å². The molecule has 0 spiro atoms. The molecule has 2 saturated heterocycles. The van der Waals surface area contributed by atoms with Crippen LogP contribution in [0, 0.1) is 16.7 Å². The maximum atomic E-state index is 13.2. The molecular weight excluding hydrogens is 346 g/mol. The van der Waals surface area contributed by atoms with E-state index in [2.05, 4.69) is 21.3 Å². The van der Waals surface area contributed by atoms with Gasteiger partial charge in [0.25, 0.3) is 5.91 Å². The van der Waals surface area contributed by atoms with Gasteiger partial charge < -0.3 is 15.1 Å². The van der Waals surface area contributed by atoms with Gasteiger partial charge in [0.05, 0.1) is 33.0 Å². The molecule has 0 atom stereocenters. The van der Waals surface area contributed by atoms with E-state index in [-0.39, 0.29) is 11.3 Å². The van der Waals surface area contributed by atoms with Crippen molar-refractivity contribution < 1.29 is 4.79 Å². The van der Waals surface area contributed by atoms with Crippen LogP contribution in [0.15, 0.2) is 17.6 Å². The van der Waals surface area contributed by atoms with Crippen LogP contribution in [0.3, 0.4) is 0 Å². The van der Waals surface area contributed by atoms with Gasteiger partial charge in [-0.3, -0.25) is 9.78 Å². The maximum absolute atomic E-state index is 13.2. The quantitative estimate of drug-likeness (QED) is 0.880. The highest BCUT2D eigenvalue weighted by molar-refractivity contribution is 7.17. The molecule has 2 aromatic heterocycles. The molecule has 7 heteroatoms. The normalized spacial score (nSPS) is 20.2. The first-order chi connectivity index (χ1) is 12.6. The van der Waals surface area contributed by atoms with E-state index < -0.39 is 0 Å². The standard InChI is InChI=1S/C19H23N5OS/c1-19(13-20)3-7-23(8-4-19)16-14(12-22-15-2-11-26-17(15)16)18(25)24-9-5-21-6-10-24/h2,11-12,21H,3-10H2,1H3. The fourth-order valence-corrected chi connectivity index (χ4v) is 4.67. The second-order valence-electron chi connectivity index (χ2n) is 7.36. The molecule has 0 aliphatic carbocycles. The average molecular weight is 369 g/mol. The molecule has 4 heterocycles. The van der Waals surface area contributed by atoms with Gasteiger partial charge in [0, 0.05) is 45.5 Å². The maximum Gasteiger partial charge on any atom is 0.257 e. The van der Waals surface area contributed by atoms with Gasteiger partial charge in [0.2, 0.25) is 0 Å². The summed E-state index contributed by atoms with van der Waals surface area (Å²) in [5, 5.41) is 14.7. The number of hydrogen-bond acceptors (Lipinski definition) is 6. The van der Waals surface area contributed by atoms with E-state index >= 15 is 0 Å². The number of nitriles is 1. The third-order valence-electron chi connectivity index (χ3n) is 5.54. The Labute approximate surface area is 157 Å². The Balaban J connectivity index is 1.71. The zero-order chi connectivity index (χ0) is 18.1. The summed E-state index contributed by atoms with van der Waals surface area (Å²) in [5.41, 5.74) is 2.38. The Hall–Kier alpha value is -2.17. The van der Waals surface area contributed by atoms with Crippen LogP contribution in [0.25, 0.3) is 10.2 Å². The lowest BCUT2D eigenvalue weighted by Gasteiger charge is -2.38. The Morgan fingerprint density at radius 3 is 2.73 bits per heavy atom. The fourth-order valence-electron chi connectivity index (χ4n) is 3.74. The number of hydrogen-bond donors (Lipinski definition) is 1. The number of carbonyl (C=O) groups excluding carboxylic acids is 1. The lowest BCUT2D eigenvalue weighted by atomic mass is 9.82. The van der Waals surface area contributed by atoms with Crippen molar-refractivity contribution in [2.75, 3.05) is 44.2 Å². The number of amides is 1. The topological polar surface area (TPSA) is 72.3 Å². The van der Waals surface area contributed by atoms with Gasteiger partial charge in [-0.15, -0.1) is 11.3 Å². The largest absolute Gasteiger partial charge is 0.370 e. The van der Waals surface area contributed by atoms with Crippen LogP contribution in [0.4, 0.5) is 5.69 Å². The lowest BCUT2D eigenvalue weighted by Crippen LogP contribution is -2.47. The Bertz CT molecular complexity index is 856. The molecule has 0 radical (unpaired) electrons. The van der Waals surface area contributed by atoms with E-state index in [1.807, 2.05) is 23.3 Å². The van der Waals surface area contributed by atoms with Gasteiger partial charge in [-0.05, 0) is 31.2 Å². The fraction of sp³-hybridized carbons (Fsp3) is 0.526. The molecule has 1 N–H and O–H groups in total. The number of nitrogens with zero attached hydrogens (tertiary/aromatic N) is 4. The first kappa shape index (κ1) is 17.3. The first-order valence-corrected chi connectivity index (χ1v) is 10.0. The van der Waals surface area contributed by atoms with E-state index in [0.717, 1.165) is 68.0 Å². The average Bonchev–Trinajstić information content (AvgIpc) is 3.17. The summed E-state index contributed by atoms with van der Waals surface area (Å²) < 4.78 is 1.08. The summed E-state index contributed by atoms with van der Waals surface area (Å²) in [7, 11) is 0. The van der Waals surface area contributed by atoms with Crippen LogP contribution < -0.4 is 10.2 Å². The van der Waals surface area contributed by atoms with Crippen molar-refractivity contribution in [3.63, 3.8) is 0 Å². The predicted molar refractivity (Wildman–Crippen MR) is 104 cm³/mol. The van der Waals surface area contributed by atoms with Crippen LogP contribution in [0.1, 0.15) is 30.1 Å². The number of pyridine rings is 1.